The van der Waals surface area contributed by atoms with Crippen molar-refractivity contribution < 1.29 is 8.42 Å². The van der Waals surface area contributed by atoms with Crippen LogP contribution in [0, 0.1) is 6.92 Å². The molecule has 19 heavy (non-hydrogen) atoms. The quantitative estimate of drug-likeness (QED) is 0.716. The Hall–Kier alpha value is -0.0400. The van der Waals surface area contributed by atoms with Crippen molar-refractivity contribution in [1.82, 2.24) is 4.72 Å². The highest BCUT2D eigenvalue weighted by Gasteiger charge is 2.16. The van der Waals surface area contributed by atoms with Crippen LogP contribution in [0.4, 0.5) is 0 Å². The lowest BCUT2D eigenvalue weighted by molar-refractivity contribution is 0.575. The summed E-state index contributed by atoms with van der Waals surface area (Å²) in [4.78, 5) is 0.308. The van der Waals surface area contributed by atoms with Crippen LogP contribution < -0.4 is 4.72 Å². The number of hydrogen-bond acceptors (Lipinski definition) is 3. The summed E-state index contributed by atoms with van der Waals surface area (Å²) in [6.07, 6.45) is 5.15. The number of benzene rings is 1. The molecule has 0 saturated heterocycles. The third-order valence-corrected chi connectivity index (χ3v) is 5.83. The van der Waals surface area contributed by atoms with E-state index in [1.54, 1.807) is 12.1 Å². The van der Waals surface area contributed by atoms with Gasteiger partial charge in [0, 0.05) is 11.0 Å². The van der Waals surface area contributed by atoms with E-state index in [1.807, 2.05) is 24.8 Å². The van der Waals surface area contributed by atoms with Crippen molar-refractivity contribution in [2.24, 2.45) is 0 Å². The van der Waals surface area contributed by atoms with E-state index in [1.165, 1.54) is 0 Å². The number of rotatable bonds is 8. The van der Waals surface area contributed by atoms with Gasteiger partial charge < -0.3 is 0 Å². The maximum Gasteiger partial charge on any atom is 0.241 e. The Morgan fingerprint density at radius 3 is 2.63 bits per heavy atom. The first kappa shape index (κ1) is 17.0. The van der Waals surface area contributed by atoms with Crippen LogP contribution in [0.1, 0.15) is 24.8 Å². The zero-order valence-corrected chi connectivity index (χ0v) is 14.5. The van der Waals surface area contributed by atoms with Crippen LogP contribution in [-0.4, -0.2) is 27.0 Å². The monoisotopic (exact) mass is 365 g/mol. The molecule has 0 aliphatic rings. The van der Waals surface area contributed by atoms with Crippen molar-refractivity contribution in [1.29, 1.82) is 0 Å². The molecular formula is C13H20BrNO2S2. The minimum absolute atomic E-state index is 0.308. The highest BCUT2D eigenvalue weighted by molar-refractivity contribution is 9.10. The van der Waals surface area contributed by atoms with E-state index in [2.05, 4.69) is 26.9 Å². The minimum atomic E-state index is -3.40. The Balaban J connectivity index is 2.52. The number of halogens is 1. The molecule has 0 spiro atoms. The van der Waals surface area contributed by atoms with Gasteiger partial charge in [0.1, 0.15) is 0 Å². The summed E-state index contributed by atoms with van der Waals surface area (Å²) in [6, 6.07) is 5.25. The van der Waals surface area contributed by atoms with Gasteiger partial charge in [-0.15, -0.1) is 0 Å². The molecule has 0 aromatic heterocycles. The molecule has 1 aromatic rings. The average Bonchev–Trinajstić information content (AvgIpc) is 2.33. The predicted molar refractivity (Wildman–Crippen MR) is 86.3 cm³/mol. The van der Waals surface area contributed by atoms with Gasteiger partial charge in [-0.1, -0.05) is 12.5 Å². The van der Waals surface area contributed by atoms with E-state index >= 15 is 0 Å². The number of sulfonamides is 1. The topological polar surface area (TPSA) is 46.2 Å². The maximum atomic E-state index is 12.1. The molecule has 0 heterocycles. The lowest BCUT2D eigenvalue weighted by Crippen LogP contribution is -2.25. The van der Waals surface area contributed by atoms with Crippen molar-refractivity contribution in [2.75, 3.05) is 18.6 Å². The summed E-state index contributed by atoms with van der Waals surface area (Å²) >= 11 is 5.12. The molecular weight excluding hydrogens is 346 g/mol. The van der Waals surface area contributed by atoms with E-state index in [-0.39, 0.29) is 0 Å². The molecule has 0 bridgehead atoms. The molecule has 0 aliphatic heterocycles. The van der Waals surface area contributed by atoms with Crippen molar-refractivity contribution >= 4 is 37.7 Å². The highest BCUT2D eigenvalue weighted by atomic mass is 79.9. The second-order valence-corrected chi connectivity index (χ2v) is 7.96. The van der Waals surface area contributed by atoms with E-state index in [9.17, 15) is 8.42 Å². The first-order valence-corrected chi connectivity index (χ1v) is 9.89. The second kappa shape index (κ2) is 8.29. The fourth-order valence-corrected chi connectivity index (χ4v) is 4.41. The standard InChI is InChI=1S/C13H20BrNO2S2/c1-11-6-7-13(12(14)10-11)19(16,17)15-8-4-3-5-9-18-2/h6-7,10,15H,3-5,8-9H2,1-2H3. The molecule has 1 rings (SSSR count). The van der Waals surface area contributed by atoms with E-state index < -0.39 is 10.0 Å². The van der Waals surface area contributed by atoms with Gasteiger partial charge in [-0.2, -0.15) is 11.8 Å². The number of hydrogen-bond donors (Lipinski definition) is 1. The Morgan fingerprint density at radius 2 is 2.00 bits per heavy atom. The van der Waals surface area contributed by atoms with Crippen LogP contribution in [0.2, 0.25) is 0 Å². The van der Waals surface area contributed by atoms with E-state index in [0.717, 1.165) is 30.6 Å². The zero-order chi connectivity index (χ0) is 14.3. The smallest absolute Gasteiger partial charge is 0.211 e. The van der Waals surface area contributed by atoms with Gasteiger partial charge >= 0.3 is 0 Å². The Kier molecular flexibility index (Phi) is 7.42. The third kappa shape index (κ3) is 5.85. The van der Waals surface area contributed by atoms with Crippen molar-refractivity contribution in [3.63, 3.8) is 0 Å². The van der Waals surface area contributed by atoms with Gasteiger partial charge in [-0.25, -0.2) is 13.1 Å². The van der Waals surface area contributed by atoms with Gasteiger partial charge in [0.25, 0.3) is 0 Å². The van der Waals surface area contributed by atoms with Gasteiger partial charge in [0.2, 0.25) is 10.0 Å². The fourth-order valence-electron chi connectivity index (χ4n) is 1.66. The molecule has 108 valence electrons. The Bertz CT molecular complexity index is 503. The number of unbranched alkanes of at least 4 members (excludes halogenated alkanes) is 2. The largest absolute Gasteiger partial charge is 0.241 e. The van der Waals surface area contributed by atoms with Crippen molar-refractivity contribution in [3.8, 4) is 0 Å². The first-order chi connectivity index (χ1) is 8.97. The predicted octanol–water partition coefficient (Wildman–Crippen LogP) is 3.57. The molecule has 0 radical (unpaired) electrons. The lowest BCUT2D eigenvalue weighted by Gasteiger charge is -2.09. The molecule has 0 unspecified atom stereocenters. The second-order valence-electron chi connectivity index (χ2n) is 4.39. The van der Waals surface area contributed by atoms with Gasteiger partial charge in [-0.3, -0.25) is 0 Å². The van der Waals surface area contributed by atoms with Crippen LogP contribution in [0.3, 0.4) is 0 Å². The maximum absolute atomic E-state index is 12.1. The van der Waals surface area contributed by atoms with Crippen LogP contribution in [0.5, 0.6) is 0 Å². The molecule has 0 aliphatic carbocycles. The van der Waals surface area contributed by atoms with E-state index in [4.69, 9.17) is 0 Å². The molecule has 3 nitrogen and oxygen atoms in total. The van der Waals surface area contributed by atoms with E-state index in [0.29, 0.717) is 15.9 Å². The van der Waals surface area contributed by atoms with Crippen LogP contribution in [-0.2, 0) is 10.0 Å². The number of nitrogens with one attached hydrogen (secondary N) is 1. The summed E-state index contributed by atoms with van der Waals surface area (Å²) in [7, 11) is -3.40. The molecule has 6 heteroatoms. The van der Waals surface area contributed by atoms with Crippen molar-refractivity contribution in [3.05, 3.63) is 28.2 Å². The van der Waals surface area contributed by atoms with Crippen LogP contribution >= 0.6 is 27.7 Å². The fraction of sp³-hybridized carbons (Fsp3) is 0.538. The van der Waals surface area contributed by atoms with Crippen LogP contribution in [0.15, 0.2) is 27.6 Å². The Morgan fingerprint density at radius 1 is 1.26 bits per heavy atom. The van der Waals surface area contributed by atoms with Gasteiger partial charge in [-0.05, 0) is 65.4 Å². The number of aryl methyl sites for hydroxylation is 1. The first-order valence-electron chi connectivity index (χ1n) is 6.22. The summed E-state index contributed by atoms with van der Waals surface area (Å²) in [6.45, 7) is 2.43. The molecule has 1 aromatic carbocycles. The molecule has 0 saturated carbocycles. The lowest BCUT2D eigenvalue weighted by atomic mass is 10.2. The minimum Gasteiger partial charge on any atom is -0.211 e. The summed E-state index contributed by atoms with van der Waals surface area (Å²) in [5.41, 5.74) is 1.03. The van der Waals surface area contributed by atoms with Crippen LogP contribution in [0.25, 0.3) is 0 Å². The summed E-state index contributed by atoms with van der Waals surface area (Å²) < 4.78 is 27.5. The third-order valence-electron chi connectivity index (χ3n) is 2.69. The molecule has 0 atom stereocenters. The normalized spacial score (nSPS) is 11.7. The molecule has 0 fully saturated rings. The van der Waals surface area contributed by atoms with Gasteiger partial charge in [0.15, 0.2) is 0 Å². The summed E-state index contributed by atoms with van der Waals surface area (Å²) in [5.74, 6) is 1.14. The molecule has 1 N–H and O–H groups in total. The van der Waals surface area contributed by atoms with Crippen molar-refractivity contribution in [2.45, 2.75) is 31.1 Å². The highest BCUT2D eigenvalue weighted by Crippen LogP contribution is 2.22. The Labute approximate surface area is 128 Å². The van der Waals surface area contributed by atoms with Gasteiger partial charge in [0.05, 0.1) is 4.90 Å². The molecule has 0 amide bonds. The number of thioether (sulfide) groups is 1. The average molecular weight is 366 g/mol. The SMILES string of the molecule is CSCCCCCNS(=O)(=O)c1ccc(C)cc1Br. The summed E-state index contributed by atoms with van der Waals surface area (Å²) in [5, 5.41) is 0. The zero-order valence-electron chi connectivity index (χ0n) is 11.3.